The number of hydrogen-bond donors (Lipinski definition) is 1. The Morgan fingerprint density at radius 1 is 1.05 bits per heavy atom. The predicted molar refractivity (Wildman–Crippen MR) is 157 cm³/mol. The van der Waals surface area contributed by atoms with E-state index in [0.717, 1.165) is 67.2 Å². The third-order valence-electron chi connectivity index (χ3n) is 7.91. The first-order chi connectivity index (χ1) is 19.1. The Hall–Kier alpha value is -3.53. The standard InChI is InChI=1S/C30H41N7O3/c1-20-24-17-32-29(34-28(24)37(18-25(20)21(2)38)22-8-6-7-9-22)33-26-11-10-23(16-31-26)36-14-12-35(13-15-36)19-27(39)40-30(3,4)5/h10-11,16-17,22H,6-9,12-15,18-19H2,1-5H3,(H,31,32,33,34). The summed E-state index contributed by atoms with van der Waals surface area (Å²) in [6.45, 7) is 13.4. The summed E-state index contributed by atoms with van der Waals surface area (Å²) in [5.41, 5.74) is 3.33. The van der Waals surface area contributed by atoms with Gasteiger partial charge in [0.25, 0.3) is 0 Å². The van der Waals surface area contributed by atoms with Crippen LogP contribution in [-0.4, -0.2) is 82.5 Å². The normalized spacial score (nSPS) is 18.6. The van der Waals surface area contributed by atoms with Crippen LogP contribution < -0.4 is 15.1 Å². The molecule has 2 aromatic heterocycles. The van der Waals surface area contributed by atoms with Crippen molar-refractivity contribution >= 4 is 40.6 Å². The number of hydrogen-bond acceptors (Lipinski definition) is 10. The first-order valence-corrected chi connectivity index (χ1v) is 14.3. The fourth-order valence-electron chi connectivity index (χ4n) is 5.82. The van der Waals surface area contributed by atoms with Crippen LogP contribution in [0.5, 0.6) is 0 Å². The number of rotatable bonds is 7. The van der Waals surface area contributed by atoms with Gasteiger partial charge in [0.05, 0.1) is 18.4 Å². The molecule has 2 aliphatic heterocycles. The molecule has 0 unspecified atom stereocenters. The van der Waals surface area contributed by atoms with Crippen LogP contribution in [-0.2, 0) is 14.3 Å². The van der Waals surface area contributed by atoms with Crippen LogP contribution in [0.15, 0.2) is 30.1 Å². The highest BCUT2D eigenvalue weighted by molar-refractivity contribution is 6.04. The Morgan fingerprint density at radius 2 is 1.77 bits per heavy atom. The average Bonchev–Trinajstić information content (AvgIpc) is 3.43. The Labute approximate surface area is 236 Å². The summed E-state index contributed by atoms with van der Waals surface area (Å²) >= 11 is 0. The van der Waals surface area contributed by atoms with Crippen molar-refractivity contribution in [3.05, 3.63) is 35.7 Å². The van der Waals surface area contributed by atoms with E-state index in [1.807, 2.05) is 52.2 Å². The third kappa shape index (κ3) is 6.43. The molecule has 10 nitrogen and oxygen atoms in total. The number of esters is 1. The number of aromatic nitrogens is 3. The van der Waals surface area contributed by atoms with E-state index in [9.17, 15) is 9.59 Å². The zero-order valence-electron chi connectivity index (χ0n) is 24.4. The Kier molecular flexibility index (Phi) is 8.07. The highest BCUT2D eigenvalue weighted by Crippen LogP contribution is 2.38. The van der Waals surface area contributed by atoms with Gasteiger partial charge in [-0.3, -0.25) is 14.5 Å². The van der Waals surface area contributed by atoms with Gasteiger partial charge >= 0.3 is 5.97 Å². The molecular weight excluding hydrogens is 506 g/mol. The van der Waals surface area contributed by atoms with Crippen molar-refractivity contribution in [1.82, 2.24) is 19.9 Å². The second-order valence-corrected chi connectivity index (χ2v) is 12.0. The number of carbonyl (C=O) groups is 2. The van der Waals surface area contributed by atoms with Crippen LogP contribution in [0.3, 0.4) is 0 Å². The van der Waals surface area contributed by atoms with Gasteiger partial charge in [-0.25, -0.2) is 9.97 Å². The number of ketones is 1. The molecule has 1 N–H and O–H groups in total. The molecular formula is C30H41N7O3. The summed E-state index contributed by atoms with van der Waals surface area (Å²) in [6.07, 6.45) is 8.35. The second-order valence-electron chi connectivity index (χ2n) is 12.0. The Bertz CT molecular complexity index is 1270. The average molecular weight is 548 g/mol. The van der Waals surface area contributed by atoms with E-state index in [1.165, 1.54) is 12.8 Å². The zero-order chi connectivity index (χ0) is 28.4. The number of nitrogens with one attached hydrogen (secondary N) is 1. The van der Waals surface area contributed by atoms with Crippen molar-refractivity contribution in [3.8, 4) is 0 Å². The number of carbonyl (C=O) groups excluding carboxylic acids is 2. The summed E-state index contributed by atoms with van der Waals surface area (Å²) in [4.78, 5) is 45.3. The molecule has 1 aliphatic carbocycles. The van der Waals surface area contributed by atoms with Crippen LogP contribution in [0.4, 0.5) is 23.3 Å². The smallest absolute Gasteiger partial charge is 0.320 e. The molecule has 0 radical (unpaired) electrons. The van der Waals surface area contributed by atoms with Crippen molar-refractivity contribution in [2.24, 2.45) is 0 Å². The summed E-state index contributed by atoms with van der Waals surface area (Å²) < 4.78 is 5.46. The topological polar surface area (TPSA) is 104 Å². The molecule has 0 aromatic carbocycles. The highest BCUT2D eigenvalue weighted by atomic mass is 16.6. The summed E-state index contributed by atoms with van der Waals surface area (Å²) in [5.74, 6) is 2.00. The molecule has 2 aromatic rings. The van der Waals surface area contributed by atoms with Gasteiger partial charge in [-0.2, -0.15) is 4.98 Å². The lowest BCUT2D eigenvalue weighted by Crippen LogP contribution is -2.48. The minimum absolute atomic E-state index is 0.113. The van der Waals surface area contributed by atoms with Crippen molar-refractivity contribution in [3.63, 3.8) is 0 Å². The lowest BCUT2D eigenvalue weighted by Gasteiger charge is -2.36. The first kappa shape index (κ1) is 28.0. The number of ether oxygens (including phenoxy) is 1. The van der Waals surface area contributed by atoms with Gasteiger partial charge in [-0.1, -0.05) is 12.8 Å². The molecule has 10 heteroatoms. The van der Waals surface area contributed by atoms with Crippen LogP contribution in [0.1, 0.15) is 65.9 Å². The molecule has 40 heavy (non-hydrogen) atoms. The molecule has 5 rings (SSSR count). The lowest BCUT2D eigenvalue weighted by atomic mass is 9.94. The molecule has 0 amide bonds. The van der Waals surface area contributed by atoms with Gasteiger partial charge in [0, 0.05) is 56.1 Å². The predicted octanol–water partition coefficient (Wildman–Crippen LogP) is 4.20. The molecule has 1 saturated heterocycles. The number of fused-ring (bicyclic) bond motifs is 1. The molecule has 0 spiro atoms. The van der Waals surface area contributed by atoms with Gasteiger partial charge < -0.3 is 19.9 Å². The minimum atomic E-state index is -0.463. The first-order valence-electron chi connectivity index (χ1n) is 14.3. The summed E-state index contributed by atoms with van der Waals surface area (Å²) in [7, 11) is 0. The van der Waals surface area contributed by atoms with E-state index in [0.29, 0.717) is 30.9 Å². The largest absolute Gasteiger partial charge is 0.459 e. The quantitative estimate of drug-likeness (QED) is 0.507. The van der Waals surface area contributed by atoms with Crippen LogP contribution in [0.25, 0.3) is 5.57 Å². The van der Waals surface area contributed by atoms with E-state index in [4.69, 9.17) is 9.72 Å². The van der Waals surface area contributed by atoms with E-state index >= 15 is 0 Å². The maximum atomic E-state index is 12.4. The molecule has 0 atom stereocenters. The SMILES string of the molecule is CC(=O)C1=C(C)c2cnc(Nc3ccc(N4CCN(CC(=O)OC(C)(C)C)CC4)cn3)nc2N(C2CCCC2)C1. The molecule has 0 bridgehead atoms. The van der Waals surface area contributed by atoms with Crippen LogP contribution >= 0.6 is 0 Å². The van der Waals surface area contributed by atoms with E-state index in [1.54, 1.807) is 6.92 Å². The zero-order valence-corrected chi connectivity index (χ0v) is 24.4. The number of nitrogens with zero attached hydrogens (tertiary/aromatic N) is 6. The highest BCUT2D eigenvalue weighted by Gasteiger charge is 2.32. The van der Waals surface area contributed by atoms with E-state index < -0.39 is 5.60 Å². The van der Waals surface area contributed by atoms with Crippen LogP contribution in [0, 0.1) is 0 Å². The van der Waals surface area contributed by atoms with Gasteiger partial charge in [0.2, 0.25) is 5.95 Å². The van der Waals surface area contributed by atoms with Gasteiger partial charge in [0.15, 0.2) is 5.78 Å². The molecule has 3 aliphatic rings. The maximum Gasteiger partial charge on any atom is 0.320 e. The van der Waals surface area contributed by atoms with Crippen LogP contribution in [0.2, 0.25) is 0 Å². The Morgan fingerprint density at radius 3 is 2.40 bits per heavy atom. The Balaban J connectivity index is 1.23. The second kappa shape index (κ2) is 11.5. The molecule has 214 valence electrons. The molecule has 2 fully saturated rings. The fraction of sp³-hybridized carbons (Fsp3) is 0.567. The number of anilines is 4. The van der Waals surface area contributed by atoms with Gasteiger partial charge in [-0.05, 0) is 65.2 Å². The number of pyridine rings is 1. The monoisotopic (exact) mass is 547 g/mol. The van der Waals surface area contributed by atoms with Crippen molar-refractivity contribution in [2.75, 3.05) is 54.4 Å². The summed E-state index contributed by atoms with van der Waals surface area (Å²) in [6, 6.07) is 4.39. The lowest BCUT2D eigenvalue weighted by molar-refractivity contribution is -0.156. The van der Waals surface area contributed by atoms with E-state index in [2.05, 4.69) is 30.0 Å². The van der Waals surface area contributed by atoms with Gasteiger partial charge in [0.1, 0.15) is 17.2 Å². The van der Waals surface area contributed by atoms with Gasteiger partial charge in [-0.15, -0.1) is 0 Å². The number of piperazine rings is 1. The molecule has 1 saturated carbocycles. The fourth-order valence-corrected chi connectivity index (χ4v) is 5.82. The number of allylic oxidation sites excluding steroid dienone is 1. The van der Waals surface area contributed by atoms with Crippen molar-refractivity contribution in [1.29, 1.82) is 0 Å². The molecule has 4 heterocycles. The third-order valence-corrected chi connectivity index (χ3v) is 7.91. The van der Waals surface area contributed by atoms with E-state index in [-0.39, 0.29) is 11.8 Å². The van der Waals surface area contributed by atoms with Crippen molar-refractivity contribution < 1.29 is 14.3 Å². The van der Waals surface area contributed by atoms with Crippen molar-refractivity contribution in [2.45, 2.75) is 71.9 Å². The maximum absolute atomic E-state index is 12.4. The minimum Gasteiger partial charge on any atom is -0.459 e. The number of Topliss-reactive ketones (excluding diaryl/α,β-unsaturated/α-hetero) is 1. The summed E-state index contributed by atoms with van der Waals surface area (Å²) in [5, 5.41) is 3.27.